The Bertz CT molecular complexity index is 1670. The van der Waals surface area contributed by atoms with Gasteiger partial charge in [-0.05, 0) is 57.2 Å². The smallest absolute Gasteiger partial charge is 0.327 e. The highest BCUT2D eigenvalue weighted by Gasteiger charge is 2.76. The molecule has 3 aliphatic heterocycles. The lowest BCUT2D eigenvalue weighted by Crippen LogP contribution is -2.69. The lowest BCUT2D eigenvalue weighted by atomic mass is 9.62. The van der Waals surface area contributed by atoms with Crippen LogP contribution in [-0.4, -0.2) is 120 Å². The van der Waals surface area contributed by atoms with Gasteiger partial charge in [-0.25, -0.2) is 0 Å². The summed E-state index contributed by atoms with van der Waals surface area (Å²) in [7, 11) is 3.34. The predicted octanol–water partition coefficient (Wildman–Crippen LogP) is 4.33. The van der Waals surface area contributed by atoms with Crippen molar-refractivity contribution in [2.75, 3.05) is 27.2 Å². The van der Waals surface area contributed by atoms with Gasteiger partial charge in [0.05, 0.1) is 19.2 Å². The summed E-state index contributed by atoms with van der Waals surface area (Å²) in [5.41, 5.74) is -0.600. The third kappa shape index (κ3) is 11.1. The Labute approximate surface area is 348 Å². The van der Waals surface area contributed by atoms with Gasteiger partial charge >= 0.3 is 11.9 Å². The van der Waals surface area contributed by atoms with Crippen LogP contribution in [0.1, 0.15) is 123 Å². The van der Waals surface area contributed by atoms with Crippen molar-refractivity contribution in [3.8, 4) is 0 Å². The third-order valence-electron chi connectivity index (χ3n) is 11.6. The van der Waals surface area contributed by atoms with E-state index >= 15 is 0 Å². The van der Waals surface area contributed by atoms with Crippen LogP contribution in [0.2, 0.25) is 0 Å². The second-order valence-electron chi connectivity index (χ2n) is 17.6. The third-order valence-corrected chi connectivity index (χ3v) is 11.6. The number of carbonyl (C=O) groups excluding carboxylic acids is 5. The molecule has 1 aliphatic carbocycles. The fraction of sp³-hybridized carbons (Fsp3) is 0.705. The molecular formula is C44H66N4O11. The van der Waals surface area contributed by atoms with Crippen LogP contribution in [-0.2, 0) is 54.3 Å². The zero-order chi connectivity index (χ0) is 43.0. The van der Waals surface area contributed by atoms with Gasteiger partial charge in [-0.2, -0.15) is 5.06 Å². The molecular weight excluding hydrogens is 761 g/mol. The van der Waals surface area contributed by atoms with E-state index in [4.69, 9.17) is 23.8 Å². The number of unbranched alkanes of at least 4 members (excludes halogenated alkanes) is 4. The fourth-order valence-electron chi connectivity index (χ4n) is 8.66. The SMILES string of the molecule is CCCCCC1(CCCCC)O[C@@H]2[C@H](O1)[C@H]1ON(Cc3ccccc3C=CC(=O)N(C)C)[C@H]3C(=O)O[C@@H]2C[C@@]13C(=O)NCCC(=O)N[C@H](CO)CCC(=O)OC(C)(C)C. The summed E-state index contributed by atoms with van der Waals surface area (Å²) in [6, 6.07) is 5.63. The topological polar surface area (TPSA) is 182 Å². The maximum atomic E-state index is 14.8. The number of rotatable bonds is 21. The first kappa shape index (κ1) is 46.2. The van der Waals surface area contributed by atoms with Crippen molar-refractivity contribution in [1.29, 1.82) is 0 Å². The molecule has 15 heteroatoms. The number of nitrogens with zero attached hydrogens (tertiary/aromatic N) is 2. The Balaban J connectivity index is 1.39. The summed E-state index contributed by atoms with van der Waals surface area (Å²) in [4.78, 5) is 75.0. The van der Waals surface area contributed by atoms with E-state index in [2.05, 4.69) is 24.5 Å². The van der Waals surface area contributed by atoms with Gasteiger partial charge < -0.3 is 39.6 Å². The Morgan fingerprint density at radius 3 is 2.34 bits per heavy atom. The molecule has 4 fully saturated rings. The number of hydrogen-bond acceptors (Lipinski definition) is 12. The molecule has 5 rings (SSSR count). The van der Waals surface area contributed by atoms with Crippen LogP contribution in [0.4, 0.5) is 0 Å². The number of ether oxygens (including phenoxy) is 4. The number of hydrogen-bond donors (Lipinski definition) is 3. The normalized spacial score (nSPS) is 26.2. The summed E-state index contributed by atoms with van der Waals surface area (Å²) in [6.45, 7) is 9.23. The molecule has 1 aromatic rings. The molecule has 0 spiro atoms. The van der Waals surface area contributed by atoms with Gasteiger partial charge in [0.15, 0.2) is 11.8 Å². The van der Waals surface area contributed by atoms with Gasteiger partial charge in [0, 0.05) is 58.8 Å². The minimum Gasteiger partial charge on any atom is -0.460 e. The van der Waals surface area contributed by atoms with Crippen LogP contribution >= 0.6 is 0 Å². The molecule has 3 N–H and O–H groups in total. The predicted molar refractivity (Wildman–Crippen MR) is 218 cm³/mol. The monoisotopic (exact) mass is 826 g/mol. The van der Waals surface area contributed by atoms with Crippen LogP contribution < -0.4 is 10.6 Å². The quantitative estimate of drug-likeness (QED) is 0.0908. The highest BCUT2D eigenvalue weighted by molar-refractivity contribution is 5.94. The summed E-state index contributed by atoms with van der Waals surface area (Å²) in [6.07, 6.45) is 7.48. The van der Waals surface area contributed by atoms with Gasteiger partial charge in [-0.1, -0.05) is 63.8 Å². The second kappa shape index (κ2) is 20.1. The van der Waals surface area contributed by atoms with E-state index in [0.29, 0.717) is 12.8 Å². The van der Waals surface area contributed by atoms with E-state index in [9.17, 15) is 29.1 Å². The molecule has 4 aliphatic rings. The number of carbonyl (C=O) groups is 5. The van der Waals surface area contributed by atoms with Crippen molar-refractivity contribution in [3.63, 3.8) is 0 Å². The van der Waals surface area contributed by atoms with E-state index in [-0.39, 0.29) is 51.3 Å². The zero-order valence-electron chi connectivity index (χ0n) is 36.0. The lowest BCUT2D eigenvalue weighted by Gasteiger charge is -2.48. The van der Waals surface area contributed by atoms with E-state index in [1.54, 1.807) is 40.9 Å². The first-order chi connectivity index (χ1) is 28.1. The number of fused-ring (bicyclic) bond motifs is 4. The van der Waals surface area contributed by atoms with Crippen molar-refractivity contribution in [3.05, 3.63) is 41.5 Å². The molecule has 59 heavy (non-hydrogen) atoms. The maximum absolute atomic E-state index is 14.8. The van der Waals surface area contributed by atoms with E-state index in [1.165, 1.54) is 16.0 Å². The van der Waals surface area contributed by atoms with E-state index in [1.807, 2.05) is 24.3 Å². The van der Waals surface area contributed by atoms with Crippen LogP contribution in [0.3, 0.4) is 0 Å². The first-order valence-electron chi connectivity index (χ1n) is 21.4. The first-order valence-corrected chi connectivity index (χ1v) is 21.4. The van der Waals surface area contributed by atoms with Crippen molar-refractivity contribution in [2.24, 2.45) is 5.41 Å². The number of hydroxylamine groups is 2. The van der Waals surface area contributed by atoms with E-state index < -0.39 is 77.1 Å². The minimum atomic E-state index is -1.45. The van der Waals surface area contributed by atoms with E-state index in [0.717, 1.165) is 49.7 Å². The molecule has 3 heterocycles. The van der Waals surface area contributed by atoms with Gasteiger partial charge in [-0.15, -0.1) is 0 Å². The molecule has 15 nitrogen and oxygen atoms in total. The number of aliphatic hydroxyl groups excluding tert-OH is 1. The number of likely N-dealkylation sites (N-methyl/N-ethyl adjacent to an activating group) is 1. The van der Waals surface area contributed by atoms with Crippen molar-refractivity contribution < 1.29 is 52.9 Å². The molecule has 1 saturated carbocycles. The Morgan fingerprint density at radius 1 is 1.02 bits per heavy atom. The number of benzene rings is 1. The molecule has 7 atom stereocenters. The Hall–Kier alpha value is -3.89. The summed E-state index contributed by atoms with van der Waals surface area (Å²) < 4.78 is 25.3. The van der Waals surface area contributed by atoms with Gasteiger partial charge in [0.25, 0.3) is 0 Å². The van der Waals surface area contributed by atoms with Crippen molar-refractivity contribution >= 4 is 35.7 Å². The molecule has 0 aromatic heterocycles. The van der Waals surface area contributed by atoms with Crippen LogP contribution in [0.15, 0.2) is 30.3 Å². The summed E-state index contributed by atoms with van der Waals surface area (Å²) in [5.74, 6) is -3.04. The molecule has 3 amide bonds. The summed E-state index contributed by atoms with van der Waals surface area (Å²) >= 11 is 0. The maximum Gasteiger partial charge on any atom is 0.327 e. The highest BCUT2D eigenvalue weighted by atomic mass is 16.8. The molecule has 0 radical (unpaired) electrons. The zero-order valence-corrected chi connectivity index (χ0v) is 36.0. The number of esters is 2. The largest absolute Gasteiger partial charge is 0.460 e. The van der Waals surface area contributed by atoms with Crippen molar-refractivity contribution in [1.82, 2.24) is 20.6 Å². The van der Waals surface area contributed by atoms with Crippen LogP contribution in [0, 0.1) is 5.41 Å². The Morgan fingerprint density at radius 2 is 1.69 bits per heavy atom. The molecule has 2 bridgehead atoms. The highest BCUT2D eigenvalue weighted by Crippen LogP contribution is 2.58. The number of amides is 3. The standard InChI is InChI=1S/C44H66N4O11/c1-8-10-14-23-43(24-15-11-9-2)57-36-32-26-44(41(54)45-25-22-33(50)46-31(28-49)19-21-35(52)56-42(3,4)5)38(40(53)55-32)48(59-39(44)37(36)58-43)27-30-17-13-12-16-29(30)18-20-34(51)47(6)7/h12-13,16-18,20,31-32,36-39,49H,8-11,14-15,19,21-28H2,1-7H3,(H,45,54)(H,46,50)/t31-,32+,36-,37-,38-,39+,44-/m0/s1. The molecule has 1 aromatic carbocycles. The average Bonchev–Trinajstić information content (AvgIpc) is 3.73. The van der Waals surface area contributed by atoms with Crippen LogP contribution in [0.25, 0.3) is 6.08 Å². The van der Waals surface area contributed by atoms with Crippen molar-refractivity contribution in [2.45, 2.75) is 166 Å². The Kier molecular flexibility index (Phi) is 15.7. The molecule has 0 unspecified atom stereocenters. The number of aliphatic hydroxyl groups is 1. The van der Waals surface area contributed by atoms with Gasteiger partial charge in [0.2, 0.25) is 17.7 Å². The minimum absolute atomic E-state index is 0.0139. The summed E-state index contributed by atoms with van der Waals surface area (Å²) in [5, 5.41) is 17.1. The lowest BCUT2D eigenvalue weighted by molar-refractivity contribution is -0.224. The van der Waals surface area contributed by atoms with Crippen LogP contribution in [0.5, 0.6) is 0 Å². The fourth-order valence-corrected chi connectivity index (χ4v) is 8.66. The average molecular weight is 827 g/mol. The van der Waals surface area contributed by atoms with Gasteiger partial charge in [-0.3, -0.25) is 28.8 Å². The number of nitrogens with one attached hydrogen (secondary N) is 2. The van der Waals surface area contributed by atoms with Gasteiger partial charge in [0.1, 0.15) is 35.4 Å². The molecule has 3 saturated heterocycles. The molecule has 328 valence electrons. The second-order valence-corrected chi connectivity index (χ2v) is 17.6.